The van der Waals surface area contributed by atoms with Crippen LogP contribution in [0.4, 0.5) is 0 Å². The maximum absolute atomic E-state index is 10.8. The zero-order valence-corrected chi connectivity index (χ0v) is 9.30. The fourth-order valence-corrected chi connectivity index (χ4v) is 2.85. The van der Waals surface area contributed by atoms with Gasteiger partial charge in [-0.2, -0.15) is 16.9 Å². The van der Waals surface area contributed by atoms with Crippen molar-refractivity contribution in [1.82, 2.24) is 9.78 Å². The summed E-state index contributed by atoms with van der Waals surface area (Å²) in [6, 6.07) is 0. The topological polar surface area (TPSA) is 34.9 Å². The lowest BCUT2D eigenvalue weighted by atomic mass is 10.2. The molecule has 0 aliphatic carbocycles. The minimum absolute atomic E-state index is 0.573. The molecule has 1 aromatic rings. The molecule has 0 unspecified atom stereocenters. The third kappa shape index (κ3) is 1.59. The van der Waals surface area contributed by atoms with Crippen LogP contribution in [-0.4, -0.2) is 16.1 Å². The molecule has 0 amide bonds. The highest BCUT2D eigenvalue weighted by Crippen LogP contribution is 2.31. The molecule has 2 heterocycles. The Hall–Kier alpha value is -0.770. The highest BCUT2D eigenvalue weighted by atomic mass is 32.2. The molecule has 1 aromatic heterocycles. The number of aldehydes is 1. The molecule has 0 fully saturated rings. The van der Waals surface area contributed by atoms with Crippen molar-refractivity contribution in [1.29, 1.82) is 0 Å². The second-order valence-corrected chi connectivity index (χ2v) is 4.98. The standard InChI is InChI=1S/C10H14N2OS/c1-7(2)3-12-10-6-14-5-8(10)9(4-13)11-12/h4,7H,3,5-6H2,1-2H3. The van der Waals surface area contributed by atoms with Crippen molar-refractivity contribution in [3.05, 3.63) is 17.0 Å². The fraction of sp³-hybridized carbons (Fsp3) is 0.600. The Labute approximate surface area is 87.9 Å². The average molecular weight is 210 g/mol. The maximum Gasteiger partial charge on any atom is 0.170 e. The van der Waals surface area contributed by atoms with Gasteiger partial charge in [0.2, 0.25) is 0 Å². The quantitative estimate of drug-likeness (QED) is 0.717. The summed E-state index contributed by atoms with van der Waals surface area (Å²) in [4.78, 5) is 10.8. The molecule has 1 aliphatic heterocycles. The molecule has 76 valence electrons. The minimum atomic E-state index is 0.573. The van der Waals surface area contributed by atoms with E-state index in [2.05, 4.69) is 18.9 Å². The van der Waals surface area contributed by atoms with Gasteiger partial charge in [0.05, 0.1) is 5.69 Å². The summed E-state index contributed by atoms with van der Waals surface area (Å²) in [7, 11) is 0. The second-order valence-electron chi connectivity index (χ2n) is 4.00. The molecule has 0 saturated carbocycles. The van der Waals surface area contributed by atoms with Gasteiger partial charge in [-0.3, -0.25) is 9.48 Å². The van der Waals surface area contributed by atoms with Crippen LogP contribution in [-0.2, 0) is 18.1 Å². The average Bonchev–Trinajstić information content (AvgIpc) is 2.67. The van der Waals surface area contributed by atoms with Gasteiger partial charge in [0, 0.05) is 23.6 Å². The summed E-state index contributed by atoms with van der Waals surface area (Å²) < 4.78 is 2.00. The normalized spacial score (nSPS) is 14.8. The van der Waals surface area contributed by atoms with Gasteiger partial charge >= 0.3 is 0 Å². The van der Waals surface area contributed by atoms with Crippen molar-refractivity contribution in [3.8, 4) is 0 Å². The van der Waals surface area contributed by atoms with Crippen molar-refractivity contribution < 1.29 is 4.79 Å². The molecule has 0 radical (unpaired) electrons. The van der Waals surface area contributed by atoms with Crippen LogP contribution in [0.5, 0.6) is 0 Å². The molecule has 2 rings (SSSR count). The van der Waals surface area contributed by atoms with Crippen molar-refractivity contribution >= 4 is 18.0 Å². The summed E-state index contributed by atoms with van der Waals surface area (Å²) in [6.07, 6.45) is 0.877. The Bertz CT molecular complexity index is 357. The molecule has 0 spiro atoms. The number of hydrogen-bond donors (Lipinski definition) is 0. The van der Waals surface area contributed by atoms with Crippen LogP contribution in [0.15, 0.2) is 0 Å². The van der Waals surface area contributed by atoms with E-state index in [4.69, 9.17) is 0 Å². The number of carbonyl (C=O) groups is 1. The van der Waals surface area contributed by atoms with Crippen LogP contribution in [0.1, 0.15) is 35.6 Å². The SMILES string of the molecule is CC(C)Cn1nc(C=O)c2c1CSC2. The Balaban J connectivity index is 2.36. The molecular formula is C10H14N2OS. The lowest BCUT2D eigenvalue weighted by Gasteiger charge is -2.07. The van der Waals surface area contributed by atoms with E-state index in [0.29, 0.717) is 11.6 Å². The number of nitrogens with zero attached hydrogens (tertiary/aromatic N) is 2. The Morgan fingerprint density at radius 3 is 3.00 bits per heavy atom. The first-order valence-corrected chi connectivity index (χ1v) is 5.99. The molecule has 0 bridgehead atoms. The molecule has 0 aromatic carbocycles. The predicted molar refractivity (Wildman–Crippen MR) is 57.5 cm³/mol. The minimum Gasteiger partial charge on any atom is -0.296 e. The van der Waals surface area contributed by atoms with E-state index in [9.17, 15) is 4.79 Å². The molecule has 0 N–H and O–H groups in total. The van der Waals surface area contributed by atoms with Gasteiger partial charge in [-0.25, -0.2) is 0 Å². The number of rotatable bonds is 3. The molecule has 3 nitrogen and oxygen atoms in total. The lowest BCUT2D eigenvalue weighted by molar-refractivity contribution is 0.111. The fourth-order valence-electron chi connectivity index (χ4n) is 1.71. The van der Waals surface area contributed by atoms with E-state index in [0.717, 1.165) is 29.9 Å². The van der Waals surface area contributed by atoms with Crippen molar-refractivity contribution in [2.24, 2.45) is 5.92 Å². The third-order valence-electron chi connectivity index (χ3n) is 2.33. The molecule has 0 saturated heterocycles. The van der Waals surface area contributed by atoms with Gasteiger partial charge in [0.25, 0.3) is 0 Å². The highest BCUT2D eigenvalue weighted by Gasteiger charge is 2.22. The van der Waals surface area contributed by atoms with Crippen molar-refractivity contribution in [3.63, 3.8) is 0 Å². The first-order valence-electron chi connectivity index (χ1n) is 4.84. The van der Waals surface area contributed by atoms with E-state index in [1.807, 2.05) is 16.4 Å². The van der Waals surface area contributed by atoms with E-state index < -0.39 is 0 Å². The first-order chi connectivity index (χ1) is 6.72. The third-order valence-corrected chi connectivity index (χ3v) is 3.30. The summed E-state index contributed by atoms with van der Waals surface area (Å²) >= 11 is 1.86. The van der Waals surface area contributed by atoms with Crippen LogP contribution < -0.4 is 0 Å². The summed E-state index contributed by atoms with van der Waals surface area (Å²) in [6.45, 7) is 5.24. The van der Waals surface area contributed by atoms with Gasteiger partial charge in [-0.05, 0) is 5.92 Å². The van der Waals surface area contributed by atoms with Gasteiger partial charge < -0.3 is 0 Å². The van der Waals surface area contributed by atoms with E-state index in [1.165, 1.54) is 5.69 Å². The Morgan fingerprint density at radius 1 is 1.57 bits per heavy atom. The van der Waals surface area contributed by atoms with Gasteiger partial charge in [0.1, 0.15) is 5.69 Å². The number of carbonyl (C=O) groups excluding carboxylic acids is 1. The predicted octanol–water partition coefficient (Wildman–Crippen LogP) is 2.10. The summed E-state index contributed by atoms with van der Waals surface area (Å²) in [5.74, 6) is 2.52. The second kappa shape index (κ2) is 3.77. The van der Waals surface area contributed by atoms with Crippen LogP contribution in [0.2, 0.25) is 0 Å². The molecule has 1 aliphatic rings. The van der Waals surface area contributed by atoms with Crippen molar-refractivity contribution in [2.45, 2.75) is 31.9 Å². The van der Waals surface area contributed by atoms with Crippen LogP contribution in [0, 0.1) is 5.92 Å². The smallest absolute Gasteiger partial charge is 0.170 e. The molecule has 14 heavy (non-hydrogen) atoms. The maximum atomic E-state index is 10.8. The molecule has 4 heteroatoms. The number of thioether (sulfide) groups is 1. The molecule has 0 atom stereocenters. The van der Waals surface area contributed by atoms with Gasteiger partial charge in [-0.1, -0.05) is 13.8 Å². The van der Waals surface area contributed by atoms with Crippen molar-refractivity contribution in [2.75, 3.05) is 0 Å². The zero-order valence-electron chi connectivity index (χ0n) is 8.49. The monoisotopic (exact) mass is 210 g/mol. The van der Waals surface area contributed by atoms with Gasteiger partial charge in [-0.15, -0.1) is 0 Å². The van der Waals surface area contributed by atoms with Crippen LogP contribution in [0.25, 0.3) is 0 Å². The van der Waals surface area contributed by atoms with Crippen LogP contribution >= 0.6 is 11.8 Å². The highest BCUT2D eigenvalue weighted by molar-refractivity contribution is 7.98. The summed E-state index contributed by atoms with van der Waals surface area (Å²) in [5.41, 5.74) is 3.06. The number of fused-ring (bicyclic) bond motifs is 1. The Kier molecular flexibility index (Phi) is 2.63. The van der Waals surface area contributed by atoms with E-state index in [1.54, 1.807) is 0 Å². The largest absolute Gasteiger partial charge is 0.296 e. The number of aromatic nitrogens is 2. The molecular weight excluding hydrogens is 196 g/mol. The number of hydrogen-bond acceptors (Lipinski definition) is 3. The van der Waals surface area contributed by atoms with Gasteiger partial charge in [0.15, 0.2) is 6.29 Å². The summed E-state index contributed by atoms with van der Waals surface area (Å²) in [5, 5.41) is 4.33. The Morgan fingerprint density at radius 2 is 2.36 bits per heavy atom. The lowest BCUT2D eigenvalue weighted by Crippen LogP contribution is -2.09. The van der Waals surface area contributed by atoms with Crippen LogP contribution in [0.3, 0.4) is 0 Å². The zero-order chi connectivity index (χ0) is 10.1. The van der Waals surface area contributed by atoms with E-state index in [-0.39, 0.29) is 0 Å². The van der Waals surface area contributed by atoms with E-state index >= 15 is 0 Å². The first kappa shape index (κ1) is 9.77.